The summed E-state index contributed by atoms with van der Waals surface area (Å²) < 4.78 is 13.1. The molecule has 1 aromatic carbocycles. The molecular weight excluding hydrogens is 280 g/mol. The van der Waals surface area contributed by atoms with Gasteiger partial charge in [-0.15, -0.1) is 0 Å². The van der Waals surface area contributed by atoms with Gasteiger partial charge in [-0.2, -0.15) is 0 Å². The maximum atomic E-state index is 12.4. The van der Waals surface area contributed by atoms with Crippen LogP contribution in [0, 0.1) is 4.77 Å². The first kappa shape index (κ1) is 14.1. The topological polar surface area (TPSA) is 54.9 Å². The van der Waals surface area contributed by atoms with Gasteiger partial charge in [0.25, 0.3) is 5.56 Å². The molecule has 1 N–H and O–H groups in total. The molecule has 1 aromatic heterocycles. The van der Waals surface area contributed by atoms with Gasteiger partial charge < -0.3 is 4.98 Å². The van der Waals surface area contributed by atoms with E-state index < -0.39 is 10.8 Å². The lowest BCUT2D eigenvalue weighted by Crippen LogP contribution is -2.26. The molecule has 2 atom stereocenters. The predicted molar refractivity (Wildman–Crippen MR) is 81.7 cm³/mol. The lowest BCUT2D eigenvalue weighted by atomic mass is 10.2. The number of aromatic nitrogens is 2. The number of para-hydroxylation sites is 1. The summed E-state index contributed by atoms with van der Waals surface area (Å²) in [7, 11) is -0.860. The summed E-state index contributed by atoms with van der Waals surface area (Å²) in [5.74, 6) is 0.565. The molecule has 0 bridgehead atoms. The first-order valence-electron chi connectivity index (χ1n) is 6.04. The lowest BCUT2D eigenvalue weighted by molar-refractivity contribution is 0.505. The van der Waals surface area contributed by atoms with Crippen LogP contribution in [0.2, 0.25) is 0 Å². The van der Waals surface area contributed by atoms with E-state index in [1.807, 2.05) is 25.1 Å². The molecule has 0 aliphatic heterocycles. The number of hydrogen-bond donors (Lipinski definition) is 1. The van der Waals surface area contributed by atoms with Gasteiger partial charge in [0.1, 0.15) is 0 Å². The van der Waals surface area contributed by atoms with Gasteiger partial charge in [0.05, 0.1) is 10.9 Å². The Kier molecular flexibility index (Phi) is 4.31. The second-order valence-electron chi connectivity index (χ2n) is 4.57. The normalized spacial score (nSPS) is 14.4. The first-order chi connectivity index (χ1) is 9.00. The number of nitrogens with one attached hydrogen (secondary N) is 1. The molecule has 6 heteroatoms. The van der Waals surface area contributed by atoms with E-state index in [2.05, 4.69) is 4.98 Å². The molecule has 1 heterocycles. The molecule has 0 aliphatic rings. The van der Waals surface area contributed by atoms with Gasteiger partial charge >= 0.3 is 0 Å². The van der Waals surface area contributed by atoms with Crippen LogP contribution in [-0.2, 0) is 10.8 Å². The Labute approximate surface area is 118 Å². The molecule has 102 valence electrons. The van der Waals surface area contributed by atoms with Crippen molar-refractivity contribution >= 4 is 33.9 Å². The zero-order valence-electron chi connectivity index (χ0n) is 10.9. The summed E-state index contributed by atoms with van der Waals surface area (Å²) in [6.07, 6.45) is 2.33. The second-order valence-corrected chi connectivity index (χ2v) is 6.51. The van der Waals surface area contributed by atoms with E-state index in [9.17, 15) is 9.00 Å². The van der Waals surface area contributed by atoms with Crippen LogP contribution in [0.1, 0.15) is 19.4 Å². The Morgan fingerprint density at radius 3 is 2.79 bits per heavy atom. The third-order valence-electron chi connectivity index (χ3n) is 3.10. The number of nitrogens with zero attached hydrogens (tertiary/aromatic N) is 1. The SMILES string of the molecule is CC(CCS(C)=O)n1c(=S)[nH]c2ccccc2c1=O. The second kappa shape index (κ2) is 5.79. The number of H-pyrrole nitrogens is 1. The van der Waals surface area contributed by atoms with Gasteiger partial charge in [0.15, 0.2) is 4.77 Å². The van der Waals surface area contributed by atoms with Gasteiger partial charge in [-0.05, 0) is 37.7 Å². The smallest absolute Gasteiger partial charge is 0.262 e. The van der Waals surface area contributed by atoms with Crippen molar-refractivity contribution in [1.82, 2.24) is 9.55 Å². The van der Waals surface area contributed by atoms with E-state index in [0.29, 0.717) is 22.3 Å². The number of fused-ring (bicyclic) bond motifs is 1. The highest BCUT2D eigenvalue weighted by Gasteiger charge is 2.11. The zero-order valence-corrected chi connectivity index (χ0v) is 12.5. The van der Waals surface area contributed by atoms with Crippen LogP contribution in [0.25, 0.3) is 10.9 Å². The summed E-state index contributed by atoms with van der Waals surface area (Å²) in [4.78, 5) is 15.5. The molecule has 0 spiro atoms. The third kappa shape index (κ3) is 3.01. The van der Waals surface area contributed by atoms with E-state index in [1.54, 1.807) is 16.9 Å². The van der Waals surface area contributed by atoms with Crippen molar-refractivity contribution in [3.63, 3.8) is 0 Å². The monoisotopic (exact) mass is 296 g/mol. The highest BCUT2D eigenvalue weighted by molar-refractivity contribution is 7.84. The molecule has 0 amide bonds. The van der Waals surface area contributed by atoms with E-state index in [0.717, 1.165) is 5.52 Å². The Balaban J connectivity index is 2.51. The average molecular weight is 296 g/mol. The quantitative estimate of drug-likeness (QED) is 0.881. The number of benzene rings is 1. The van der Waals surface area contributed by atoms with Gasteiger partial charge in [-0.25, -0.2) is 0 Å². The molecule has 0 aliphatic carbocycles. The lowest BCUT2D eigenvalue weighted by Gasteiger charge is -2.15. The van der Waals surface area contributed by atoms with Crippen molar-refractivity contribution in [2.75, 3.05) is 12.0 Å². The number of hydrogen-bond acceptors (Lipinski definition) is 3. The Hall–Kier alpha value is -1.27. The molecule has 4 nitrogen and oxygen atoms in total. The fourth-order valence-corrected chi connectivity index (χ4v) is 3.09. The molecule has 0 saturated heterocycles. The van der Waals surface area contributed by atoms with Crippen LogP contribution >= 0.6 is 12.2 Å². The molecule has 19 heavy (non-hydrogen) atoms. The minimum Gasteiger partial charge on any atom is -0.332 e. The van der Waals surface area contributed by atoms with E-state index in [4.69, 9.17) is 12.2 Å². The standard InChI is InChI=1S/C13H16N2O2S2/c1-9(7-8-19(2)17)15-12(16)10-5-3-4-6-11(10)14-13(15)18/h3-6,9H,7-8H2,1-2H3,(H,14,18). The summed E-state index contributed by atoms with van der Waals surface area (Å²) in [5.41, 5.74) is 0.661. The van der Waals surface area contributed by atoms with Crippen LogP contribution < -0.4 is 5.56 Å². The van der Waals surface area contributed by atoms with Crippen LogP contribution in [0.15, 0.2) is 29.1 Å². The predicted octanol–water partition coefficient (Wildman–Crippen LogP) is 2.39. The zero-order chi connectivity index (χ0) is 14.0. The minimum absolute atomic E-state index is 0.0650. The van der Waals surface area contributed by atoms with E-state index in [1.165, 1.54) is 0 Å². The van der Waals surface area contributed by atoms with Crippen molar-refractivity contribution in [2.45, 2.75) is 19.4 Å². The van der Waals surface area contributed by atoms with Crippen molar-refractivity contribution in [2.24, 2.45) is 0 Å². The highest BCUT2D eigenvalue weighted by atomic mass is 32.2. The van der Waals surface area contributed by atoms with Gasteiger partial charge in [-0.1, -0.05) is 12.1 Å². The van der Waals surface area contributed by atoms with Crippen molar-refractivity contribution < 1.29 is 4.21 Å². The van der Waals surface area contributed by atoms with Gasteiger partial charge in [0, 0.05) is 28.9 Å². The van der Waals surface area contributed by atoms with Crippen molar-refractivity contribution in [3.05, 3.63) is 39.4 Å². The first-order valence-corrected chi connectivity index (χ1v) is 8.18. The van der Waals surface area contributed by atoms with E-state index >= 15 is 0 Å². The molecule has 2 unspecified atom stereocenters. The van der Waals surface area contributed by atoms with Crippen LogP contribution in [-0.4, -0.2) is 25.8 Å². The molecule has 2 aromatic rings. The van der Waals surface area contributed by atoms with Crippen molar-refractivity contribution in [3.8, 4) is 0 Å². The maximum Gasteiger partial charge on any atom is 0.262 e. The van der Waals surface area contributed by atoms with Crippen LogP contribution in [0.4, 0.5) is 0 Å². The van der Waals surface area contributed by atoms with Crippen LogP contribution in [0.3, 0.4) is 0 Å². The number of rotatable bonds is 4. The maximum absolute atomic E-state index is 12.4. The number of aromatic amines is 1. The summed E-state index contributed by atoms with van der Waals surface area (Å²) >= 11 is 5.25. The molecule has 0 fully saturated rings. The van der Waals surface area contributed by atoms with Gasteiger partial charge in [-0.3, -0.25) is 13.6 Å². The van der Waals surface area contributed by atoms with E-state index in [-0.39, 0.29) is 11.6 Å². The average Bonchev–Trinajstić information content (AvgIpc) is 2.36. The van der Waals surface area contributed by atoms with Crippen LogP contribution in [0.5, 0.6) is 0 Å². The summed E-state index contributed by atoms with van der Waals surface area (Å²) in [6, 6.07) is 7.25. The fraction of sp³-hybridized carbons (Fsp3) is 0.385. The molecule has 0 saturated carbocycles. The third-order valence-corrected chi connectivity index (χ3v) is 4.21. The summed E-state index contributed by atoms with van der Waals surface area (Å²) in [6.45, 7) is 1.92. The fourth-order valence-electron chi connectivity index (χ4n) is 2.04. The molecule has 2 rings (SSSR count). The summed E-state index contributed by atoms with van der Waals surface area (Å²) in [5, 5.41) is 0.626. The van der Waals surface area contributed by atoms with Gasteiger partial charge in [0.2, 0.25) is 0 Å². The van der Waals surface area contributed by atoms with Crippen molar-refractivity contribution in [1.29, 1.82) is 0 Å². The molecule has 0 radical (unpaired) electrons. The Morgan fingerprint density at radius 1 is 1.42 bits per heavy atom. The Bertz CT molecular complexity index is 733. The largest absolute Gasteiger partial charge is 0.332 e. The minimum atomic E-state index is -0.860. The molecular formula is C13H16N2O2S2. The Morgan fingerprint density at radius 2 is 2.11 bits per heavy atom. The highest BCUT2D eigenvalue weighted by Crippen LogP contribution is 2.12.